The summed E-state index contributed by atoms with van der Waals surface area (Å²) in [6.45, 7) is 8.34. The number of rotatable bonds is 2. The summed E-state index contributed by atoms with van der Waals surface area (Å²) < 4.78 is 5.84. The normalized spacial score (nSPS) is 37.1. The Hall–Kier alpha value is -0.650. The molecule has 0 spiro atoms. The first kappa shape index (κ1) is 11.8. The van der Waals surface area contributed by atoms with Crippen molar-refractivity contribution in [1.82, 2.24) is 15.5 Å². The first-order chi connectivity index (χ1) is 7.66. The van der Waals surface area contributed by atoms with E-state index in [0.717, 1.165) is 32.7 Å². The van der Waals surface area contributed by atoms with Crippen LogP contribution in [-0.4, -0.2) is 61.8 Å². The second-order valence-electron chi connectivity index (χ2n) is 4.69. The van der Waals surface area contributed by atoms with Crippen molar-refractivity contribution in [3.05, 3.63) is 0 Å². The van der Waals surface area contributed by atoms with Crippen molar-refractivity contribution in [2.75, 3.05) is 32.7 Å². The second-order valence-corrected chi connectivity index (χ2v) is 4.69. The minimum atomic E-state index is -0.0328. The van der Waals surface area contributed by atoms with Crippen molar-refractivity contribution in [3.8, 4) is 0 Å². The molecule has 5 nitrogen and oxygen atoms in total. The summed E-state index contributed by atoms with van der Waals surface area (Å²) >= 11 is 0. The van der Waals surface area contributed by atoms with E-state index in [1.165, 1.54) is 0 Å². The van der Waals surface area contributed by atoms with Gasteiger partial charge < -0.3 is 15.4 Å². The van der Waals surface area contributed by atoms with Gasteiger partial charge in [-0.2, -0.15) is 0 Å². The number of morpholine rings is 1. The zero-order valence-electron chi connectivity index (χ0n) is 10.0. The Bertz CT molecular complexity index is 260. The molecule has 5 heteroatoms. The van der Waals surface area contributed by atoms with Gasteiger partial charge in [0.1, 0.15) is 0 Å². The van der Waals surface area contributed by atoms with Crippen LogP contribution in [0.5, 0.6) is 0 Å². The number of nitrogens with zero attached hydrogens (tertiary/aromatic N) is 1. The van der Waals surface area contributed by atoms with Crippen LogP contribution in [0.3, 0.4) is 0 Å². The lowest BCUT2D eigenvalue weighted by atomic mass is 10.1. The van der Waals surface area contributed by atoms with Crippen molar-refractivity contribution in [3.63, 3.8) is 0 Å². The van der Waals surface area contributed by atoms with E-state index in [9.17, 15) is 4.79 Å². The molecule has 16 heavy (non-hydrogen) atoms. The molecule has 2 rings (SSSR count). The third kappa shape index (κ3) is 2.72. The molecule has 0 saturated carbocycles. The van der Waals surface area contributed by atoms with Gasteiger partial charge in [0, 0.05) is 32.7 Å². The van der Waals surface area contributed by atoms with Crippen molar-refractivity contribution in [1.29, 1.82) is 0 Å². The molecule has 2 heterocycles. The first-order valence-electron chi connectivity index (χ1n) is 6.04. The fourth-order valence-electron chi connectivity index (χ4n) is 2.32. The van der Waals surface area contributed by atoms with Crippen LogP contribution in [0.25, 0.3) is 0 Å². The average Bonchev–Trinajstić information content (AvgIpc) is 2.25. The maximum atomic E-state index is 11.5. The molecule has 0 unspecified atom stereocenters. The molecule has 2 aliphatic rings. The summed E-state index contributed by atoms with van der Waals surface area (Å²) in [6, 6.07) is -0.0328. The summed E-state index contributed by atoms with van der Waals surface area (Å²) in [6.07, 6.45) is 0.477. The van der Waals surface area contributed by atoms with Crippen molar-refractivity contribution < 1.29 is 9.53 Å². The molecular formula is C11H21N3O2. The Balaban J connectivity index is 1.85. The minimum absolute atomic E-state index is 0.0328. The largest absolute Gasteiger partial charge is 0.371 e. The molecule has 0 aromatic carbocycles. The van der Waals surface area contributed by atoms with Gasteiger partial charge in [0.25, 0.3) is 0 Å². The van der Waals surface area contributed by atoms with Crippen LogP contribution < -0.4 is 10.6 Å². The van der Waals surface area contributed by atoms with Crippen LogP contribution in [-0.2, 0) is 9.53 Å². The lowest BCUT2D eigenvalue weighted by Crippen LogP contribution is -2.57. The van der Waals surface area contributed by atoms with E-state index >= 15 is 0 Å². The zero-order chi connectivity index (χ0) is 11.5. The summed E-state index contributed by atoms with van der Waals surface area (Å²) in [4.78, 5) is 13.7. The number of ether oxygens (including phenoxy) is 1. The summed E-state index contributed by atoms with van der Waals surface area (Å²) in [7, 11) is 0. The molecule has 1 amide bonds. The molecule has 2 saturated heterocycles. The first-order valence-corrected chi connectivity index (χ1v) is 6.04. The van der Waals surface area contributed by atoms with Crippen molar-refractivity contribution >= 4 is 5.91 Å². The number of carbonyl (C=O) groups is 1. The van der Waals surface area contributed by atoms with Gasteiger partial charge in [-0.15, -0.1) is 0 Å². The van der Waals surface area contributed by atoms with Crippen molar-refractivity contribution in [2.45, 2.75) is 32.1 Å². The number of hydrogen-bond donors (Lipinski definition) is 2. The third-order valence-electron chi connectivity index (χ3n) is 3.29. The highest BCUT2D eigenvalue weighted by molar-refractivity contribution is 5.81. The Morgan fingerprint density at radius 3 is 3.00 bits per heavy atom. The molecule has 0 radical (unpaired) electrons. The maximum Gasteiger partial charge on any atom is 0.237 e. The highest BCUT2D eigenvalue weighted by Gasteiger charge is 2.29. The monoisotopic (exact) mass is 227 g/mol. The standard InChI is InChI=1S/C11H21N3O2/c1-8-5-12-6-10(16-8)7-14-4-3-13-11(15)9(14)2/h8-10,12H,3-7H2,1-2H3,(H,13,15)/t8-,9+,10+/m1/s1. The summed E-state index contributed by atoms with van der Waals surface area (Å²) in [5.41, 5.74) is 0. The Morgan fingerprint density at radius 1 is 1.44 bits per heavy atom. The van der Waals surface area contributed by atoms with Gasteiger partial charge in [0.15, 0.2) is 0 Å². The second kappa shape index (κ2) is 5.12. The molecule has 2 N–H and O–H groups in total. The van der Waals surface area contributed by atoms with Crippen molar-refractivity contribution in [2.24, 2.45) is 0 Å². The van der Waals surface area contributed by atoms with Crippen LogP contribution in [0.1, 0.15) is 13.8 Å². The van der Waals surface area contributed by atoms with E-state index in [1.807, 2.05) is 6.92 Å². The fourth-order valence-corrected chi connectivity index (χ4v) is 2.32. The summed E-state index contributed by atoms with van der Waals surface area (Å²) in [5.74, 6) is 0.128. The van der Waals surface area contributed by atoms with E-state index < -0.39 is 0 Å². The van der Waals surface area contributed by atoms with Crippen LogP contribution >= 0.6 is 0 Å². The molecule has 0 bridgehead atoms. The molecule has 2 aliphatic heterocycles. The van der Waals surface area contributed by atoms with Gasteiger partial charge in [0.2, 0.25) is 5.91 Å². The smallest absolute Gasteiger partial charge is 0.237 e. The van der Waals surface area contributed by atoms with E-state index in [-0.39, 0.29) is 24.2 Å². The number of hydrogen-bond acceptors (Lipinski definition) is 4. The number of nitrogens with one attached hydrogen (secondary N) is 2. The topological polar surface area (TPSA) is 53.6 Å². The maximum absolute atomic E-state index is 11.5. The quantitative estimate of drug-likeness (QED) is 0.647. The lowest BCUT2D eigenvalue weighted by Gasteiger charge is -2.37. The molecule has 2 fully saturated rings. The number of amides is 1. The van der Waals surface area contributed by atoms with Gasteiger partial charge in [-0.1, -0.05) is 0 Å². The van der Waals surface area contributed by atoms with E-state index in [0.29, 0.717) is 0 Å². The SMILES string of the molecule is C[C@@H]1CNC[C@@H](CN2CCNC(=O)[C@@H]2C)O1. The molecule has 0 aromatic rings. The summed E-state index contributed by atoms with van der Waals surface area (Å²) in [5, 5.41) is 6.22. The average molecular weight is 227 g/mol. The van der Waals surface area contributed by atoms with Crippen LogP contribution in [0, 0.1) is 0 Å². The molecule has 0 aromatic heterocycles. The van der Waals surface area contributed by atoms with E-state index in [2.05, 4.69) is 22.5 Å². The van der Waals surface area contributed by atoms with Crippen LogP contribution in [0.15, 0.2) is 0 Å². The van der Waals surface area contributed by atoms with E-state index in [4.69, 9.17) is 4.74 Å². The highest BCUT2D eigenvalue weighted by atomic mass is 16.5. The lowest BCUT2D eigenvalue weighted by molar-refractivity contribution is -0.130. The minimum Gasteiger partial charge on any atom is -0.371 e. The molecule has 0 aliphatic carbocycles. The molecule has 92 valence electrons. The van der Waals surface area contributed by atoms with Gasteiger partial charge >= 0.3 is 0 Å². The van der Waals surface area contributed by atoms with E-state index in [1.54, 1.807) is 0 Å². The van der Waals surface area contributed by atoms with Crippen LogP contribution in [0.4, 0.5) is 0 Å². The molecule has 3 atom stereocenters. The highest BCUT2D eigenvalue weighted by Crippen LogP contribution is 2.09. The number of piperazine rings is 1. The predicted octanol–water partition coefficient (Wildman–Crippen LogP) is -0.816. The third-order valence-corrected chi connectivity index (χ3v) is 3.29. The van der Waals surface area contributed by atoms with Gasteiger partial charge in [0.05, 0.1) is 18.2 Å². The van der Waals surface area contributed by atoms with Gasteiger partial charge in [-0.05, 0) is 13.8 Å². The zero-order valence-corrected chi connectivity index (χ0v) is 10.0. The van der Waals surface area contributed by atoms with Gasteiger partial charge in [-0.25, -0.2) is 0 Å². The predicted molar refractivity (Wildman–Crippen MR) is 61.2 cm³/mol. The fraction of sp³-hybridized carbons (Fsp3) is 0.909. The Morgan fingerprint density at radius 2 is 2.25 bits per heavy atom. The number of carbonyl (C=O) groups excluding carboxylic acids is 1. The van der Waals surface area contributed by atoms with Gasteiger partial charge in [-0.3, -0.25) is 9.69 Å². The van der Waals surface area contributed by atoms with Crippen LogP contribution in [0.2, 0.25) is 0 Å². The Labute approximate surface area is 96.5 Å². The molecular weight excluding hydrogens is 206 g/mol. The Kier molecular flexibility index (Phi) is 3.78.